The van der Waals surface area contributed by atoms with Crippen LogP contribution in [0.1, 0.15) is 51.0 Å². The molecule has 1 N–H and O–H groups in total. The molecule has 0 saturated heterocycles. The molecule has 0 unspecified atom stereocenters. The van der Waals surface area contributed by atoms with E-state index in [1.165, 1.54) is 31.6 Å². The van der Waals surface area contributed by atoms with E-state index >= 15 is 0 Å². The first-order valence-electron chi connectivity index (χ1n) is 13.5. The van der Waals surface area contributed by atoms with Gasteiger partial charge in [-0.1, -0.05) is 56.5 Å². The largest absolute Gasteiger partial charge is 0.493 e. The molecule has 1 atom stereocenters. The predicted molar refractivity (Wildman–Crippen MR) is 153 cm³/mol. The van der Waals surface area contributed by atoms with E-state index in [0.29, 0.717) is 24.3 Å². The number of ether oxygens (including phenoxy) is 2. The van der Waals surface area contributed by atoms with Gasteiger partial charge in [0.15, 0.2) is 11.5 Å². The van der Waals surface area contributed by atoms with Crippen molar-refractivity contribution in [3.8, 4) is 11.5 Å². The average Bonchev–Trinajstić information content (AvgIpc) is 2.93. The minimum Gasteiger partial charge on any atom is -0.493 e. The number of nitrogens with zero attached hydrogens (tertiary/aromatic N) is 2. The van der Waals surface area contributed by atoms with Gasteiger partial charge in [0.05, 0.1) is 26.2 Å². The molecule has 0 aromatic heterocycles. The number of anilines is 1. The van der Waals surface area contributed by atoms with Gasteiger partial charge in [0, 0.05) is 18.7 Å². The minimum absolute atomic E-state index is 0.102. The van der Waals surface area contributed by atoms with E-state index < -0.39 is 28.5 Å². The Hall–Kier alpha value is -3.27. The van der Waals surface area contributed by atoms with Gasteiger partial charge in [0.2, 0.25) is 21.8 Å². The Kier molecular flexibility index (Phi) is 11.0. The third-order valence-electron chi connectivity index (χ3n) is 7.16. The van der Waals surface area contributed by atoms with E-state index in [2.05, 4.69) is 5.32 Å². The van der Waals surface area contributed by atoms with E-state index in [4.69, 9.17) is 9.47 Å². The van der Waals surface area contributed by atoms with Crippen molar-refractivity contribution < 1.29 is 27.5 Å². The predicted octanol–water partition coefficient (Wildman–Crippen LogP) is 3.77. The number of carbonyl (C=O) groups is 2. The number of carbonyl (C=O) groups excluding carboxylic acids is 2. The quantitative estimate of drug-likeness (QED) is 0.401. The van der Waals surface area contributed by atoms with E-state index in [9.17, 15) is 18.0 Å². The highest BCUT2D eigenvalue weighted by Gasteiger charge is 2.32. The number of amides is 2. The number of rotatable bonds is 13. The van der Waals surface area contributed by atoms with Crippen molar-refractivity contribution in [2.24, 2.45) is 0 Å². The Morgan fingerprint density at radius 3 is 2.26 bits per heavy atom. The molecule has 0 spiro atoms. The van der Waals surface area contributed by atoms with Gasteiger partial charge >= 0.3 is 0 Å². The van der Waals surface area contributed by atoms with Crippen molar-refractivity contribution in [2.75, 3.05) is 37.9 Å². The number of hydrogen-bond acceptors (Lipinski definition) is 6. The highest BCUT2D eigenvalue weighted by atomic mass is 32.2. The topological polar surface area (TPSA) is 105 Å². The number of methoxy groups -OCH3 is 2. The van der Waals surface area contributed by atoms with Gasteiger partial charge in [0.1, 0.15) is 12.6 Å². The van der Waals surface area contributed by atoms with Crippen molar-refractivity contribution >= 4 is 27.5 Å². The Morgan fingerprint density at radius 2 is 1.67 bits per heavy atom. The third kappa shape index (κ3) is 8.36. The average molecular weight is 560 g/mol. The highest BCUT2D eigenvalue weighted by molar-refractivity contribution is 7.92. The van der Waals surface area contributed by atoms with Gasteiger partial charge in [0.25, 0.3) is 0 Å². The van der Waals surface area contributed by atoms with Crippen molar-refractivity contribution in [2.45, 2.75) is 64.0 Å². The van der Waals surface area contributed by atoms with Gasteiger partial charge in [-0.15, -0.1) is 0 Å². The first-order chi connectivity index (χ1) is 18.7. The first-order valence-corrected chi connectivity index (χ1v) is 15.4. The van der Waals surface area contributed by atoms with Crippen LogP contribution in [-0.4, -0.2) is 70.8 Å². The summed E-state index contributed by atoms with van der Waals surface area (Å²) in [5.74, 6) is 0.144. The lowest BCUT2D eigenvalue weighted by molar-refractivity contribution is -0.140. The molecule has 3 rings (SSSR count). The second-order valence-corrected chi connectivity index (χ2v) is 11.8. The fraction of sp³-hybridized carbons (Fsp3) is 0.517. The number of benzene rings is 2. The van der Waals surface area contributed by atoms with Crippen LogP contribution in [0.25, 0.3) is 0 Å². The normalized spacial score (nSPS) is 14.8. The zero-order valence-corrected chi connectivity index (χ0v) is 24.2. The van der Waals surface area contributed by atoms with Crippen LogP contribution in [0.4, 0.5) is 5.69 Å². The Balaban J connectivity index is 1.89. The standard InChI is InChI=1S/C29H41N3O6S/c1-5-25(29(34)30-23-14-10-7-11-15-23)31(19-18-22-12-8-6-9-13-22)28(33)21-32(39(4,35)36)24-16-17-26(37-2)27(20-24)38-3/h6,8-9,12-13,16-17,20,23,25H,5,7,10-11,14-15,18-19,21H2,1-4H3,(H,30,34)/t25-/m0/s1. The molecule has 10 heteroatoms. The van der Waals surface area contributed by atoms with Gasteiger partial charge in [-0.05, 0) is 43.4 Å². The lowest BCUT2D eigenvalue weighted by Gasteiger charge is -2.34. The molecule has 1 saturated carbocycles. The molecule has 9 nitrogen and oxygen atoms in total. The fourth-order valence-electron chi connectivity index (χ4n) is 5.03. The van der Waals surface area contributed by atoms with Crippen LogP contribution in [0, 0.1) is 0 Å². The van der Waals surface area contributed by atoms with E-state index in [-0.39, 0.29) is 24.2 Å². The second-order valence-electron chi connectivity index (χ2n) is 9.90. The van der Waals surface area contributed by atoms with Crippen molar-refractivity contribution in [3.63, 3.8) is 0 Å². The van der Waals surface area contributed by atoms with E-state index in [1.54, 1.807) is 12.1 Å². The van der Waals surface area contributed by atoms with Gasteiger partial charge in [-0.25, -0.2) is 8.42 Å². The van der Waals surface area contributed by atoms with Crippen molar-refractivity contribution in [1.82, 2.24) is 10.2 Å². The maximum absolute atomic E-state index is 13.9. The summed E-state index contributed by atoms with van der Waals surface area (Å²) in [4.78, 5) is 28.8. The van der Waals surface area contributed by atoms with Crippen LogP contribution < -0.4 is 19.1 Å². The summed E-state index contributed by atoms with van der Waals surface area (Å²) in [5.41, 5.74) is 1.30. The van der Waals surface area contributed by atoms with Crippen LogP contribution in [0.15, 0.2) is 48.5 Å². The molecule has 0 aliphatic heterocycles. The van der Waals surface area contributed by atoms with Crippen molar-refractivity contribution in [3.05, 3.63) is 54.1 Å². The molecule has 0 heterocycles. The second kappa shape index (κ2) is 14.2. The summed E-state index contributed by atoms with van der Waals surface area (Å²) in [5, 5.41) is 3.15. The van der Waals surface area contributed by atoms with Crippen LogP contribution >= 0.6 is 0 Å². The molecule has 39 heavy (non-hydrogen) atoms. The number of hydrogen-bond donors (Lipinski definition) is 1. The fourth-order valence-corrected chi connectivity index (χ4v) is 5.88. The van der Waals surface area contributed by atoms with Crippen LogP contribution in [-0.2, 0) is 26.0 Å². The van der Waals surface area contributed by atoms with E-state index in [0.717, 1.165) is 41.8 Å². The van der Waals surface area contributed by atoms with Gasteiger partial charge in [-0.2, -0.15) is 0 Å². The summed E-state index contributed by atoms with van der Waals surface area (Å²) in [6.45, 7) is 1.70. The molecular formula is C29H41N3O6S. The lowest BCUT2D eigenvalue weighted by atomic mass is 9.95. The zero-order valence-electron chi connectivity index (χ0n) is 23.4. The molecule has 2 aromatic rings. The summed E-state index contributed by atoms with van der Waals surface area (Å²) in [6, 6.07) is 13.8. The Labute approximate surface area is 232 Å². The van der Waals surface area contributed by atoms with Crippen molar-refractivity contribution in [1.29, 1.82) is 0 Å². The molecule has 2 aromatic carbocycles. The Bertz CT molecular complexity index is 1200. The molecule has 2 amide bonds. The highest BCUT2D eigenvalue weighted by Crippen LogP contribution is 2.32. The monoisotopic (exact) mass is 559 g/mol. The Morgan fingerprint density at radius 1 is 1.00 bits per heavy atom. The molecule has 1 aliphatic rings. The van der Waals surface area contributed by atoms with Gasteiger partial charge in [-0.3, -0.25) is 13.9 Å². The maximum atomic E-state index is 13.9. The number of sulfonamides is 1. The molecular weight excluding hydrogens is 518 g/mol. The summed E-state index contributed by atoms with van der Waals surface area (Å²) in [6.07, 6.45) is 7.19. The zero-order chi connectivity index (χ0) is 28.4. The lowest BCUT2D eigenvalue weighted by Crippen LogP contribution is -2.54. The summed E-state index contributed by atoms with van der Waals surface area (Å²) < 4.78 is 37.4. The van der Waals surface area contributed by atoms with E-state index in [1.807, 2.05) is 37.3 Å². The minimum atomic E-state index is -3.84. The smallest absolute Gasteiger partial charge is 0.244 e. The first kappa shape index (κ1) is 30.3. The van der Waals surface area contributed by atoms with Crippen LogP contribution in [0.5, 0.6) is 11.5 Å². The summed E-state index contributed by atoms with van der Waals surface area (Å²) >= 11 is 0. The summed E-state index contributed by atoms with van der Waals surface area (Å²) in [7, 11) is -0.897. The molecule has 0 bridgehead atoms. The molecule has 214 valence electrons. The molecule has 1 aliphatic carbocycles. The molecule has 1 fully saturated rings. The van der Waals surface area contributed by atoms with Crippen LogP contribution in [0.2, 0.25) is 0 Å². The van der Waals surface area contributed by atoms with Crippen LogP contribution in [0.3, 0.4) is 0 Å². The maximum Gasteiger partial charge on any atom is 0.244 e. The SMILES string of the molecule is CC[C@@H](C(=O)NC1CCCCC1)N(CCc1ccccc1)C(=O)CN(c1ccc(OC)c(OC)c1)S(C)(=O)=O. The molecule has 0 radical (unpaired) electrons. The third-order valence-corrected chi connectivity index (χ3v) is 8.30. The van der Waals surface area contributed by atoms with Gasteiger partial charge < -0.3 is 19.7 Å². The number of nitrogens with one attached hydrogen (secondary N) is 1.